The minimum atomic E-state index is -4.36. The van der Waals surface area contributed by atoms with Gasteiger partial charge in [-0.15, -0.1) is 0 Å². The molecule has 1 aliphatic heterocycles. The number of halogens is 3. The fourth-order valence-electron chi connectivity index (χ4n) is 4.24. The van der Waals surface area contributed by atoms with E-state index in [1.807, 2.05) is 0 Å². The Hall–Kier alpha value is -1.11. The van der Waals surface area contributed by atoms with E-state index in [0.717, 1.165) is 51.5 Å². The number of likely N-dealkylation sites (N-methyl/N-ethyl adjacent to an activating group) is 1. The van der Waals surface area contributed by atoms with Crippen molar-refractivity contribution in [1.82, 2.24) is 9.80 Å². The Labute approximate surface area is 147 Å². The minimum absolute atomic E-state index is 0.593. The summed E-state index contributed by atoms with van der Waals surface area (Å²) in [4.78, 5) is 4.56. The summed E-state index contributed by atoms with van der Waals surface area (Å²) in [5.74, 6) is 0. The molecular weight excluding hydrogens is 329 g/mol. The molecule has 1 N–H and O–H groups in total. The first kappa shape index (κ1) is 18.7. The van der Waals surface area contributed by atoms with E-state index < -0.39 is 23.3 Å². The fraction of sp³-hybridized carbons (Fsp3) is 0.684. The standard InChI is InChI=1S/C19H27F3N2O/c1-23-9-11-24(12-10-23)14-18(8-3-2-7-17(18)25)15-5-4-6-16(13-15)19(20,21)22/h4-6,13,17,25H,2-3,7-12,14H2,1H3. The van der Waals surface area contributed by atoms with Gasteiger partial charge in [-0.3, -0.25) is 4.90 Å². The number of hydrogen-bond acceptors (Lipinski definition) is 3. The smallest absolute Gasteiger partial charge is 0.392 e. The SMILES string of the molecule is CN1CCN(CC2(c3cccc(C(F)(F)F)c3)CCCCC2O)CC1. The molecule has 3 rings (SSSR count). The molecular formula is C19H27F3N2O. The highest BCUT2D eigenvalue weighted by atomic mass is 19.4. The molecule has 0 bridgehead atoms. The summed E-state index contributed by atoms with van der Waals surface area (Å²) in [7, 11) is 2.08. The zero-order valence-corrected chi connectivity index (χ0v) is 14.7. The Bertz CT molecular complexity index is 584. The predicted molar refractivity (Wildman–Crippen MR) is 91.5 cm³/mol. The van der Waals surface area contributed by atoms with Gasteiger partial charge in [-0.2, -0.15) is 13.2 Å². The van der Waals surface area contributed by atoms with Gasteiger partial charge in [-0.1, -0.05) is 31.0 Å². The van der Waals surface area contributed by atoms with Crippen molar-refractivity contribution in [3.63, 3.8) is 0 Å². The first-order chi connectivity index (χ1) is 11.8. The van der Waals surface area contributed by atoms with Crippen molar-refractivity contribution in [2.45, 2.75) is 43.4 Å². The molecule has 0 radical (unpaired) electrons. The molecule has 2 aliphatic rings. The van der Waals surface area contributed by atoms with E-state index in [2.05, 4.69) is 16.8 Å². The summed E-state index contributed by atoms with van der Waals surface area (Å²) in [6.07, 6.45) is -1.67. The molecule has 2 atom stereocenters. The third kappa shape index (κ3) is 4.01. The van der Waals surface area contributed by atoms with Crippen LogP contribution in [0.25, 0.3) is 0 Å². The van der Waals surface area contributed by atoms with Crippen LogP contribution in [0.15, 0.2) is 24.3 Å². The van der Waals surface area contributed by atoms with Gasteiger partial charge < -0.3 is 10.0 Å². The molecule has 0 aromatic heterocycles. The molecule has 1 heterocycles. The molecule has 140 valence electrons. The van der Waals surface area contributed by atoms with Crippen molar-refractivity contribution in [1.29, 1.82) is 0 Å². The molecule has 3 nitrogen and oxygen atoms in total. The largest absolute Gasteiger partial charge is 0.416 e. The van der Waals surface area contributed by atoms with E-state index in [4.69, 9.17) is 0 Å². The third-order valence-electron chi connectivity index (χ3n) is 5.85. The lowest BCUT2D eigenvalue weighted by Gasteiger charge is -2.46. The molecule has 1 aromatic carbocycles. The Morgan fingerprint density at radius 3 is 2.52 bits per heavy atom. The first-order valence-corrected chi connectivity index (χ1v) is 9.08. The number of aliphatic hydroxyl groups excluding tert-OH is 1. The maximum atomic E-state index is 13.2. The predicted octanol–water partition coefficient (Wildman–Crippen LogP) is 3.13. The van der Waals surface area contributed by atoms with E-state index in [1.165, 1.54) is 12.1 Å². The van der Waals surface area contributed by atoms with Gasteiger partial charge >= 0.3 is 6.18 Å². The number of hydrogen-bond donors (Lipinski definition) is 1. The maximum absolute atomic E-state index is 13.2. The molecule has 1 saturated heterocycles. The zero-order valence-electron chi connectivity index (χ0n) is 14.7. The van der Waals surface area contributed by atoms with Crippen LogP contribution in [-0.2, 0) is 11.6 Å². The highest BCUT2D eigenvalue weighted by Gasteiger charge is 2.44. The molecule has 1 aliphatic carbocycles. The maximum Gasteiger partial charge on any atom is 0.416 e. The van der Waals surface area contributed by atoms with Gasteiger partial charge in [0.1, 0.15) is 0 Å². The van der Waals surface area contributed by atoms with Crippen molar-refractivity contribution < 1.29 is 18.3 Å². The van der Waals surface area contributed by atoms with Crippen LogP contribution in [0.4, 0.5) is 13.2 Å². The number of benzene rings is 1. The highest BCUT2D eigenvalue weighted by molar-refractivity contribution is 5.34. The van der Waals surface area contributed by atoms with Gasteiger partial charge in [0.25, 0.3) is 0 Å². The lowest BCUT2D eigenvalue weighted by molar-refractivity contribution is -0.137. The van der Waals surface area contributed by atoms with Gasteiger partial charge in [0, 0.05) is 38.1 Å². The molecule has 1 aromatic rings. The summed E-state index contributed by atoms with van der Waals surface area (Å²) < 4.78 is 39.5. The van der Waals surface area contributed by atoms with E-state index in [-0.39, 0.29) is 0 Å². The Kier molecular flexibility index (Phi) is 5.42. The van der Waals surface area contributed by atoms with Crippen LogP contribution in [0.3, 0.4) is 0 Å². The van der Waals surface area contributed by atoms with Gasteiger partial charge in [0.15, 0.2) is 0 Å². The van der Waals surface area contributed by atoms with Gasteiger partial charge in [-0.25, -0.2) is 0 Å². The van der Waals surface area contributed by atoms with E-state index in [9.17, 15) is 18.3 Å². The number of aliphatic hydroxyl groups is 1. The van der Waals surface area contributed by atoms with Crippen LogP contribution >= 0.6 is 0 Å². The third-order valence-corrected chi connectivity index (χ3v) is 5.85. The van der Waals surface area contributed by atoms with Crippen molar-refractivity contribution in [2.75, 3.05) is 39.8 Å². The summed E-state index contributed by atoms with van der Waals surface area (Å²) in [5, 5.41) is 10.8. The molecule has 25 heavy (non-hydrogen) atoms. The number of piperazine rings is 1. The Morgan fingerprint density at radius 1 is 1.16 bits per heavy atom. The molecule has 1 saturated carbocycles. The Balaban J connectivity index is 1.92. The molecule has 0 amide bonds. The second kappa shape index (κ2) is 7.25. The van der Waals surface area contributed by atoms with Crippen molar-refractivity contribution in [2.24, 2.45) is 0 Å². The van der Waals surface area contributed by atoms with Crippen LogP contribution in [-0.4, -0.2) is 60.8 Å². The van der Waals surface area contributed by atoms with Crippen LogP contribution in [0, 0.1) is 0 Å². The molecule has 2 unspecified atom stereocenters. The summed E-state index contributed by atoms with van der Waals surface area (Å²) >= 11 is 0. The second-order valence-electron chi connectivity index (χ2n) is 7.58. The lowest BCUT2D eigenvalue weighted by atomic mass is 9.66. The van der Waals surface area contributed by atoms with Crippen molar-refractivity contribution >= 4 is 0 Å². The molecule has 0 spiro atoms. The van der Waals surface area contributed by atoms with Crippen LogP contribution in [0.1, 0.15) is 36.8 Å². The molecule has 2 fully saturated rings. The van der Waals surface area contributed by atoms with Gasteiger partial charge in [-0.05, 0) is 31.5 Å². The average Bonchev–Trinajstić information content (AvgIpc) is 2.58. The number of rotatable bonds is 3. The van der Waals surface area contributed by atoms with Crippen LogP contribution in [0.5, 0.6) is 0 Å². The molecule has 6 heteroatoms. The monoisotopic (exact) mass is 356 g/mol. The van der Waals surface area contributed by atoms with Crippen molar-refractivity contribution in [3.8, 4) is 0 Å². The zero-order chi connectivity index (χ0) is 18.1. The van der Waals surface area contributed by atoms with Crippen molar-refractivity contribution in [3.05, 3.63) is 35.4 Å². The minimum Gasteiger partial charge on any atom is -0.392 e. The van der Waals surface area contributed by atoms with Gasteiger partial charge in [0.05, 0.1) is 11.7 Å². The first-order valence-electron chi connectivity index (χ1n) is 9.08. The topological polar surface area (TPSA) is 26.7 Å². The quantitative estimate of drug-likeness (QED) is 0.901. The van der Waals surface area contributed by atoms with E-state index in [1.54, 1.807) is 6.07 Å². The van der Waals surface area contributed by atoms with Crippen LogP contribution < -0.4 is 0 Å². The number of nitrogens with zero attached hydrogens (tertiary/aromatic N) is 2. The van der Waals surface area contributed by atoms with Gasteiger partial charge in [0.2, 0.25) is 0 Å². The second-order valence-corrected chi connectivity index (χ2v) is 7.58. The summed E-state index contributed by atoms with van der Waals surface area (Å²) in [6.45, 7) is 4.32. The van der Waals surface area contributed by atoms with Crippen LogP contribution in [0.2, 0.25) is 0 Å². The lowest BCUT2D eigenvalue weighted by Crippen LogP contribution is -2.54. The average molecular weight is 356 g/mol. The summed E-state index contributed by atoms with van der Waals surface area (Å²) in [6, 6.07) is 5.61. The van der Waals surface area contributed by atoms with E-state index >= 15 is 0 Å². The highest BCUT2D eigenvalue weighted by Crippen LogP contribution is 2.42. The fourth-order valence-corrected chi connectivity index (χ4v) is 4.24. The summed E-state index contributed by atoms with van der Waals surface area (Å²) in [5.41, 5.74) is -0.593. The number of alkyl halides is 3. The Morgan fingerprint density at radius 2 is 1.88 bits per heavy atom. The van der Waals surface area contributed by atoms with E-state index in [0.29, 0.717) is 18.5 Å². The normalized spacial score (nSPS) is 29.7.